The largest absolute Gasteiger partial charge is 0.480 e. The summed E-state index contributed by atoms with van der Waals surface area (Å²) in [5.74, 6) is 0.406. The zero-order valence-corrected chi connectivity index (χ0v) is 12.1. The summed E-state index contributed by atoms with van der Waals surface area (Å²) in [5, 5.41) is 5.50. The fourth-order valence-electron chi connectivity index (χ4n) is 2.43. The third-order valence-corrected chi connectivity index (χ3v) is 3.39. The molecule has 0 aliphatic carbocycles. The molecule has 0 unspecified atom stereocenters. The van der Waals surface area contributed by atoms with Gasteiger partial charge in [0.1, 0.15) is 5.75 Å². The number of amides is 2. The quantitative estimate of drug-likeness (QED) is 0.915. The first kappa shape index (κ1) is 14.1. The number of fused-ring (bicyclic) bond motifs is 1. The van der Waals surface area contributed by atoms with Crippen LogP contribution in [0.15, 0.2) is 48.5 Å². The number of ether oxygens (including phenoxy) is 1. The molecule has 3 rings (SSSR count). The molecule has 1 atom stereocenters. The summed E-state index contributed by atoms with van der Waals surface area (Å²) in [6, 6.07) is 14.6. The third kappa shape index (κ3) is 3.09. The average Bonchev–Trinajstić information content (AvgIpc) is 2.91. The molecule has 0 radical (unpaired) electrons. The molecule has 5 heteroatoms. The number of nitrogens with one attached hydrogen (secondary N) is 2. The van der Waals surface area contributed by atoms with Gasteiger partial charge in [0, 0.05) is 24.7 Å². The second-order valence-electron chi connectivity index (χ2n) is 5.17. The van der Waals surface area contributed by atoms with Crippen LogP contribution in [0.5, 0.6) is 5.75 Å². The van der Waals surface area contributed by atoms with Gasteiger partial charge in [0.15, 0.2) is 6.10 Å². The average molecular weight is 296 g/mol. The normalized spacial score (nSPS) is 15.6. The molecule has 2 amide bonds. The highest BCUT2D eigenvalue weighted by molar-refractivity contribution is 5.96. The second-order valence-corrected chi connectivity index (χ2v) is 5.17. The van der Waals surface area contributed by atoms with Crippen LogP contribution in [-0.2, 0) is 16.0 Å². The molecular weight excluding hydrogens is 280 g/mol. The maximum absolute atomic E-state index is 12.3. The molecule has 112 valence electrons. The lowest BCUT2D eigenvalue weighted by Gasteiger charge is -2.12. The van der Waals surface area contributed by atoms with Gasteiger partial charge in [0.2, 0.25) is 5.91 Å². The first-order valence-corrected chi connectivity index (χ1v) is 7.05. The van der Waals surface area contributed by atoms with Gasteiger partial charge >= 0.3 is 0 Å². The summed E-state index contributed by atoms with van der Waals surface area (Å²) in [5.41, 5.74) is 2.30. The highest BCUT2D eigenvalue weighted by Gasteiger charge is 2.28. The van der Waals surface area contributed by atoms with E-state index in [2.05, 4.69) is 10.6 Å². The number of benzene rings is 2. The van der Waals surface area contributed by atoms with E-state index >= 15 is 0 Å². The molecule has 0 spiro atoms. The van der Waals surface area contributed by atoms with Crippen LogP contribution in [-0.4, -0.2) is 17.9 Å². The van der Waals surface area contributed by atoms with E-state index in [0.29, 0.717) is 17.8 Å². The van der Waals surface area contributed by atoms with Gasteiger partial charge in [-0.3, -0.25) is 9.59 Å². The van der Waals surface area contributed by atoms with E-state index < -0.39 is 6.10 Å². The van der Waals surface area contributed by atoms with Crippen LogP contribution in [0.3, 0.4) is 0 Å². The van der Waals surface area contributed by atoms with Crippen molar-refractivity contribution in [3.05, 3.63) is 54.1 Å². The van der Waals surface area contributed by atoms with Crippen molar-refractivity contribution < 1.29 is 14.3 Å². The minimum absolute atomic E-state index is 0.155. The highest BCUT2D eigenvalue weighted by atomic mass is 16.5. The molecule has 5 nitrogen and oxygen atoms in total. The topological polar surface area (TPSA) is 67.4 Å². The lowest BCUT2D eigenvalue weighted by atomic mass is 10.1. The Morgan fingerprint density at radius 2 is 1.77 bits per heavy atom. The van der Waals surface area contributed by atoms with Crippen molar-refractivity contribution in [2.75, 3.05) is 10.6 Å². The maximum atomic E-state index is 12.3. The molecule has 1 heterocycles. The smallest absolute Gasteiger partial charge is 0.265 e. The number of hydrogen-bond donors (Lipinski definition) is 2. The van der Waals surface area contributed by atoms with E-state index in [9.17, 15) is 9.59 Å². The zero-order chi connectivity index (χ0) is 15.5. The van der Waals surface area contributed by atoms with Crippen molar-refractivity contribution in [2.45, 2.75) is 19.4 Å². The van der Waals surface area contributed by atoms with Gasteiger partial charge in [-0.05, 0) is 29.8 Å². The predicted octanol–water partition coefficient (Wildman–Crippen LogP) is 2.59. The first-order valence-electron chi connectivity index (χ1n) is 7.05. The van der Waals surface area contributed by atoms with E-state index in [4.69, 9.17) is 4.74 Å². The summed E-state index contributed by atoms with van der Waals surface area (Å²) in [7, 11) is 0. The van der Waals surface area contributed by atoms with E-state index in [0.717, 1.165) is 11.3 Å². The van der Waals surface area contributed by atoms with Crippen molar-refractivity contribution in [2.24, 2.45) is 0 Å². The van der Waals surface area contributed by atoms with Crippen LogP contribution in [0.4, 0.5) is 11.4 Å². The van der Waals surface area contributed by atoms with Gasteiger partial charge in [-0.2, -0.15) is 0 Å². The molecule has 0 bridgehead atoms. The monoisotopic (exact) mass is 296 g/mol. The number of para-hydroxylation sites is 1. The van der Waals surface area contributed by atoms with Crippen molar-refractivity contribution in [1.29, 1.82) is 0 Å². The van der Waals surface area contributed by atoms with Crippen LogP contribution >= 0.6 is 0 Å². The molecule has 2 aromatic rings. The van der Waals surface area contributed by atoms with Crippen molar-refractivity contribution in [3.8, 4) is 5.75 Å². The highest BCUT2D eigenvalue weighted by Crippen LogP contribution is 2.28. The van der Waals surface area contributed by atoms with Crippen LogP contribution in [0.25, 0.3) is 0 Å². The Balaban J connectivity index is 1.67. The minimum Gasteiger partial charge on any atom is -0.480 e. The SMILES string of the molecule is CC(=O)Nc1cccc(NC(=O)[C@H]2Cc3ccccc3O2)c1. The van der Waals surface area contributed by atoms with E-state index in [1.54, 1.807) is 24.3 Å². The van der Waals surface area contributed by atoms with Crippen LogP contribution in [0, 0.1) is 0 Å². The first-order chi connectivity index (χ1) is 10.6. The third-order valence-electron chi connectivity index (χ3n) is 3.39. The summed E-state index contributed by atoms with van der Waals surface area (Å²) in [6.07, 6.45) is 0.0368. The number of anilines is 2. The Hall–Kier alpha value is -2.82. The Morgan fingerprint density at radius 3 is 2.50 bits per heavy atom. The molecule has 2 aromatic carbocycles. The number of carbonyl (C=O) groups is 2. The molecule has 0 saturated carbocycles. The van der Waals surface area contributed by atoms with E-state index in [1.807, 2.05) is 24.3 Å². The second kappa shape index (κ2) is 5.89. The summed E-state index contributed by atoms with van der Waals surface area (Å²) >= 11 is 0. The van der Waals surface area contributed by atoms with Crippen molar-refractivity contribution in [3.63, 3.8) is 0 Å². The predicted molar refractivity (Wildman–Crippen MR) is 83.9 cm³/mol. The summed E-state index contributed by atoms with van der Waals surface area (Å²) < 4.78 is 5.65. The molecule has 22 heavy (non-hydrogen) atoms. The maximum Gasteiger partial charge on any atom is 0.265 e. The fraction of sp³-hybridized carbons (Fsp3) is 0.176. The molecule has 1 aliphatic heterocycles. The minimum atomic E-state index is -0.526. The number of hydrogen-bond acceptors (Lipinski definition) is 3. The number of rotatable bonds is 3. The van der Waals surface area contributed by atoms with Crippen LogP contribution in [0.2, 0.25) is 0 Å². The van der Waals surface area contributed by atoms with Crippen molar-refractivity contribution >= 4 is 23.2 Å². The standard InChI is InChI=1S/C17H16N2O3/c1-11(20)18-13-6-4-7-14(10-13)19-17(21)16-9-12-5-2-3-8-15(12)22-16/h2-8,10,16H,9H2,1H3,(H,18,20)(H,19,21)/t16-/m1/s1. The van der Waals surface area contributed by atoms with Gasteiger partial charge in [0.25, 0.3) is 5.91 Å². The van der Waals surface area contributed by atoms with Gasteiger partial charge in [-0.25, -0.2) is 0 Å². The Labute approximate surface area is 128 Å². The fourth-order valence-corrected chi connectivity index (χ4v) is 2.43. The molecule has 0 saturated heterocycles. The van der Waals surface area contributed by atoms with Gasteiger partial charge in [-0.1, -0.05) is 24.3 Å². The van der Waals surface area contributed by atoms with Crippen molar-refractivity contribution in [1.82, 2.24) is 0 Å². The van der Waals surface area contributed by atoms with Gasteiger partial charge in [-0.15, -0.1) is 0 Å². The zero-order valence-electron chi connectivity index (χ0n) is 12.1. The molecule has 1 aliphatic rings. The molecule has 0 fully saturated rings. The van der Waals surface area contributed by atoms with E-state index in [-0.39, 0.29) is 11.8 Å². The summed E-state index contributed by atoms with van der Waals surface area (Å²) in [6.45, 7) is 1.44. The number of carbonyl (C=O) groups excluding carboxylic acids is 2. The Kier molecular flexibility index (Phi) is 3.78. The molecule has 0 aromatic heterocycles. The van der Waals surface area contributed by atoms with Gasteiger partial charge < -0.3 is 15.4 Å². The van der Waals surface area contributed by atoms with E-state index in [1.165, 1.54) is 6.92 Å². The molecule has 2 N–H and O–H groups in total. The van der Waals surface area contributed by atoms with Gasteiger partial charge in [0.05, 0.1) is 0 Å². The van der Waals surface area contributed by atoms with Crippen LogP contribution in [0.1, 0.15) is 12.5 Å². The lowest BCUT2D eigenvalue weighted by molar-refractivity contribution is -0.122. The Bertz CT molecular complexity index is 702. The molecular formula is C17H16N2O3. The lowest BCUT2D eigenvalue weighted by Crippen LogP contribution is -2.31. The summed E-state index contributed by atoms with van der Waals surface area (Å²) in [4.78, 5) is 23.4. The Morgan fingerprint density at radius 1 is 1.05 bits per heavy atom. The van der Waals surface area contributed by atoms with Crippen LogP contribution < -0.4 is 15.4 Å².